The lowest BCUT2D eigenvalue weighted by atomic mass is 9.84. The van der Waals surface area contributed by atoms with Gasteiger partial charge in [-0.3, -0.25) is 9.69 Å². The smallest absolute Gasteiger partial charge is 0.240 e. The maximum atomic E-state index is 12.2. The zero-order valence-electron chi connectivity index (χ0n) is 15.7. The van der Waals surface area contributed by atoms with E-state index in [-0.39, 0.29) is 5.91 Å². The third-order valence-corrected chi connectivity index (χ3v) is 6.26. The number of carbonyl (C=O) groups excluding carboxylic acids is 1. The van der Waals surface area contributed by atoms with Gasteiger partial charge in [0.2, 0.25) is 5.91 Å². The number of rotatable bonds is 5. The van der Waals surface area contributed by atoms with Gasteiger partial charge in [-0.1, -0.05) is 43.5 Å². The zero-order valence-corrected chi connectivity index (χ0v) is 16.5. The van der Waals surface area contributed by atoms with Crippen LogP contribution in [-0.4, -0.2) is 48.6 Å². The molecule has 1 N–H and O–H groups in total. The molecule has 1 saturated heterocycles. The van der Waals surface area contributed by atoms with Gasteiger partial charge >= 0.3 is 0 Å². The van der Waals surface area contributed by atoms with Crippen molar-refractivity contribution in [2.24, 2.45) is 0 Å². The van der Waals surface area contributed by atoms with Crippen LogP contribution in [-0.2, 0) is 9.53 Å². The van der Waals surface area contributed by atoms with Gasteiger partial charge in [0.15, 0.2) is 5.13 Å². The minimum Gasteiger partial charge on any atom is -0.379 e. The van der Waals surface area contributed by atoms with Crippen molar-refractivity contribution in [1.29, 1.82) is 0 Å². The summed E-state index contributed by atoms with van der Waals surface area (Å²) in [5.74, 6) is 0.712. The molecule has 2 aliphatic rings. The van der Waals surface area contributed by atoms with Crippen molar-refractivity contribution in [2.45, 2.75) is 38.0 Å². The Balaban J connectivity index is 1.34. The van der Waals surface area contributed by atoms with Crippen molar-refractivity contribution in [3.63, 3.8) is 0 Å². The van der Waals surface area contributed by atoms with Crippen LogP contribution in [0, 0.1) is 0 Å². The first-order chi connectivity index (χ1) is 13.3. The molecule has 1 aliphatic carbocycles. The van der Waals surface area contributed by atoms with E-state index in [2.05, 4.69) is 39.5 Å². The van der Waals surface area contributed by atoms with E-state index in [0.717, 1.165) is 30.3 Å². The molecule has 1 amide bonds. The van der Waals surface area contributed by atoms with E-state index in [1.807, 2.05) is 5.38 Å². The van der Waals surface area contributed by atoms with E-state index < -0.39 is 0 Å². The van der Waals surface area contributed by atoms with Crippen molar-refractivity contribution in [3.05, 3.63) is 35.2 Å². The highest BCUT2D eigenvalue weighted by Crippen LogP contribution is 2.34. The highest BCUT2D eigenvalue weighted by Gasteiger charge is 2.17. The molecule has 144 valence electrons. The van der Waals surface area contributed by atoms with Crippen molar-refractivity contribution < 1.29 is 9.53 Å². The molecular weight excluding hydrogens is 358 g/mol. The van der Waals surface area contributed by atoms with Crippen molar-refractivity contribution in [2.75, 3.05) is 38.2 Å². The lowest BCUT2D eigenvalue weighted by molar-refractivity contribution is -0.118. The zero-order chi connectivity index (χ0) is 18.5. The number of aromatic nitrogens is 1. The van der Waals surface area contributed by atoms with Crippen LogP contribution in [0.5, 0.6) is 0 Å². The van der Waals surface area contributed by atoms with Crippen LogP contribution in [0.15, 0.2) is 29.6 Å². The summed E-state index contributed by atoms with van der Waals surface area (Å²) in [4.78, 5) is 18.9. The van der Waals surface area contributed by atoms with E-state index >= 15 is 0 Å². The monoisotopic (exact) mass is 385 g/mol. The number of hydrogen-bond donors (Lipinski definition) is 1. The van der Waals surface area contributed by atoms with E-state index in [1.54, 1.807) is 0 Å². The molecule has 4 rings (SSSR count). The van der Waals surface area contributed by atoms with E-state index in [0.29, 0.717) is 24.9 Å². The second-order valence-corrected chi connectivity index (χ2v) is 8.29. The molecule has 2 aromatic rings. The third-order valence-electron chi connectivity index (χ3n) is 5.50. The molecule has 27 heavy (non-hydrogen) atoms. The third kappa shape index (κ3) is 4.94. The molecule has 1 saturated carbocycles. The van der Waals surface area contributed by atoms with Crippen molar-refractivity contribution in [1.82, 2.24) is 9.88 Å². The summed E-state index contributed by atoms with van der Waals surface area (Å²) in [7, 11) is 0. The number of anilines is 1. The largest absolute Gasteiger partial charge is 0.379 e. The summed E-state index contributed by atoms with van der Waals surface area (Å²) in [6.07, 6.45) is 6.72. The maximum Gasteiger partial charge on any atom is 0.240 e. The van der Waals surface area contributed by atoms with Crippen molar-refractivity contribution >= 4 is 22.4 Å². The first kappa shape index (κ1) is 18.6. The quantitative estimate of drug-likeness (QED) is 0.841. The molecule has 0 unspecified atom stereocenters. The lowest BCUT2D eigenvalue weighted by Gasteiger charge is -2.25. The molecule has 2 heterocycles. The van der Waals surface area contributed by atoms with E-state index in [4.69, 9.17) is 4.74 Å². The Morgan fingerprint density at radius 3 is 2.63 bits per heavy atom. The Morgan fingerprint density at radius 1 is 1.15 bits per heavy atom. The maximum absolute atomic E-state index is 12.2. The molecule has 0 spiro atoms. The lowest BCUT2D eigenvalue weighted by Crippen LogP contribution is -2.41. The standard InChI is InChI=1S/C21H27N3O2S/c25-20(14-24-10-12-26-13-11-24)23-21-22-19(15-27-21)18-8-6-17(7-9-18)16-4-2-1-3-5-16/h6-9,15-16H,1-5,10-14H2,(H,22,23,25). The summed E-state index contributed by atoms with van der Waals surface area (Å²) < 4.78 is 5.32. The van der Waals surface area contributed by atoms with Crippen LogP contribution in [0.2, 0.25) is 0 Å². The number of benzene rings is 1. The van der Waals surface area contributed by atoms with Crippen LogP contribution in [0.1, 0.15) is 43.6 Å². The van der Waals surface area contributed by atoms with Crippen LogP contribution in [0.4, 0.5) is 5.13 Å². The number of carbonyl (C=O) groups is 1. The number of nitrogens with zero attached hydrogens (tertiary/aromatic N) is 2. The topological polar surface area (TPSA) is 54.5 Å². The fraction of sp³-hybridized carbons (Fsp3) is 0.524. The number of amides is 1. The fourth-order valence-electron chi connectivity index (χ4n) is 3.95. The predicted octanol–water partition coefficient (Wildman–Crippen LogP) is 4.13. The summed E-state index contributed by atoms with van der Waals surface area (Å²) in [5.41, 5.74) is 3.49. The molecular formula is C21H27N3O2S. The molecule has 0 bridgehead atoms. The number of morpholine rings is 1. The molecule has 1 aromatic carbocycles. The van der Waals surface area contributed by atoms with Crippen LogP contribution < -0.4 is 5.32 Å². The summed E-state index contributed by atoms with van der Waals surface area (Å²) in [5, 5.41) is 5.61. The van der Waals surface area contributed by atoms with Gasteiger partial charge in [-0.2, -0.15) is 0 Å². The Labute approximate surface area is 164 Å². The average Bonchev–Trinajstić information content (AvgIpc) is 3.18. The molecule has 1 aromatic heterocycles. The number of ether oxygens (including phenoxy) is 1. The summed E-state index contributed by atoms with van der Waals surface area (Å²) in [6.45, 7) is 3.42. The second-order valence-electron chi connectivity index (χ2n) is 7.43. The SMILES string of the molecule is O=C(CN1CCOCC1)Nc1nc(-c2ccc(C3CCCCC3)cc2)cs1. The normalized spacial score (nSPS) is 19.1. The van der Waals surface area contributed by atoms with E-state index in [9.17, 15) is 4.79 Å². The highest BCUT2D eigenvalue weighted by atomic mass is 32.1. The van der Waals surface area contributed by atoms with Gasteiger partial charge in [-0.05, 0) is 24.3 Å². The first-order valence-electron chi connectivity index (χ1n) is 9.94. The number of hydrogen-bond acceptors (Lipinski definition) is 5. The summed E-state index contributed by atoms with van der Waals surface area (Å²) in [6, 6.07) is 8.83. The highest BCUT2D eigenvalue weighted by molar-refractivity contribution is 7.14. The molecule has 6 heteroatoms. The van der Waals surface area contributed by atoms with Crippen LogP contribution >= 0.6 is 11.3 Å². The molecule has 5 nitrogen and oxygen atoms in total. The molecule has 2 fully saturated rings. The average molecular weight is 386 g/mol. The Morgan fingerprint density at radius 2 is 1.89 bits per heavy atom. The minimum absolute atomic E-state index is 0.00885. The minimum atomic E-state index is -0.00885. The Bertz CT molecular complexity index is 747. The molecule has 0 atom stereocenters. The van der Waals surface area contributed by atoms with Crippen LogP contribution in [0.25, 0.3) is 11.3 Å². The number of thiazole rings is 1. The predicted molar refractivity (Wildman–Crippen MR) is 109 cm³/mol. The second kappa shape index (κ2) is 8.95. The fourth-order valence-corrected chi connectivity index (χ4v) is 4.68. The van der Waals surface area contributed by atoms with E-state index in [1.165, 1.54) is 49.0 Å². The van der Waals surface area contributed by atoms with Gasteiger partial charge in [-0.15, -0.1) is 11.3 Å². The van der Waals surface area contributed by atoms with Gasteiger partial charge in [0.25, 0.3) is 0 Å². The van der Waals surface area contributed by atoms with Crippen LogP contribution in [0.3, 0.4) is 0 Å². The summed E-state index contributed by atoms with van der Waals surface area (Å²) >= 11 is 1.48. The molecule has 0 radical (unpaired) electrons. The molecule has 1 aliphatic heterocycles. The van der Waals surface area contributed by atoms with Gasteiger partial charge < -0.3 is 10.1 Å². The van der Waals surface area contributed by atoms with Gasteiger partial charge in [0.05, 0.1) is 25.5 Å². The van der Waals surface area contributed by atoms with Gasteiger partial charge in [-0.25, -0.2) is 4.98 Å². The van der Waals surface area contributed by atoms with Gasteiger partial charge in [0.1, 0.15) is 0 Å². The first-order valence-corrected chi connectivity index (χ1v) is 10.8. The number of nitrogens with one attached hydrogen (secondary N) is 1. The Hall–Kier alpha value is -1.76. The van der Waals surface area contributed by atoms with Gasteiger partial charge in [0, 0.05) is 24.0 Å². The van der Waals surface area contributed by atoms with Crippen molar-refractivity contribution in [3.8, 4) is 11.3 Å². The Kier molecular flexibility index (Phi) is 6.17.